The summed E-state index contributed by atoms with van der Waals surface area (Å²) < 4.78 is 4.38. The lowest BCUT2D eigenvalue weighted by molar-refractivity contribution is -0.140. The number of esters is 1. The molecule has 6 heteroatoms. The lowest BCUT2D eigenvalue weighted by Gasteiger charge is -2.13. The molecule has 0 aromatic carbocycles. The minimum absolute atomic E-state index is 0.466. The summed E-state index contributed by atoms with van der Waals surface area (Å²) in [5, 5.41) is 0. The second kappa shape index (κ2) is 3.81. The number of halogens is 3. The highest BCUT2D eigenvalue weighted by Crippen LogP contribution is 2.33. The van der Waals surface area contributed by atoms with Crippen molar-refractivity contribution in [2.75, 3.05) is 7.11 Å². The van der Waals surface area contributed by atoms with Crippen LogP contribution in [0.15, 0.2) is 0 Å². The minimum Gasteiger partial charge on any atom is -0.469 e. The standard InChI is InChI=1S/C4H7Cl3O2Si/c1-3(4(8)9-2)10(5,6)7/h3H,1-2H3. The molecule has 0 aliphatic rings. The van der Waals surface area contributed by atoms with Gasteiger partial charge in [0, 0.05) is 0 Å². The van der Waals surface area contributed by atoms with Gasteiger partial charge in [0.2, 0.25) is 0 Å². The monoisotopic (exact) mass is 220 g/mol. The molecule has 0 N–H and O–H groups in total. The highest BCUT2D eigenvalue weighted by atomic mass is 35.8. The third-order valence-electron chi connectivity index (χ3n) is 1.05. The molecule has 0 fully saturated rings. The molecule has 1 unspecified atom stereocenters. The van der Waals surface area contributed by atoms with Gasteiger partial charge in [-0.15, -0.1) is 33.2 Å². The van der Waals surface area contributed by atoms with Crippen LogP contribution in [0, 0.1) is 0 Å². The minimum atomic E-state index is -2.90. The zero-order valence-electron chi connectivity index (χ0n) is 5.53. The smallest absolute Gasteiger partial charge is 0.354 e. The van der Waals surface area contributed by atoms with E-state index in [2.05, 4.69) is 4.74 Å². The fourth-order valence-electron chi connectivity index (χ4n) is 0.310. The Hall–Kier alpha value is 0.557. The van der Waals surface area contributed by atoms with E-state index in [1.54, 1.807) is 6.92 Å². The normalized spacial score (nSPS) is 14.5. The van der Waals surface area contributed by atoms with Crippen LogP contribution in [0.25, 0.3) is 0 Å². The highest BCUT2D eigenvalue weighted by Gasteiger charge is 2.39. The zero-order valence-corrected chi connectivity index (χ0v) is 8.80. The van der Waals surface area contributed by atoms with Crippen LogP contribution in [0.1, 0.15) is 6.92 Å². The first kappa shape index (κ1) is 10.6. The molecule has 0 aromatic heterocycles. The summed E-state index contributed by atoms with van der Waals surface area (Å²) in [6, 6.07) is -2.90. The Labute approximate surface area is 74.5 Å². The molecule has 0 saturated heterocycles. The zero-order chi connectivity index (χ0) is 8.36. The predicted octanol–water partition coefficient (Wildman–Crippen LogP) is 2.20. The van der Waals surface area contributed by atoms with E-state index in [0.717, 1.165) is 0 Å². The topological polar surface area (TPSA) is 26.3 Å². The molecule has 0 amide bonds. The van der Waals surface area contributed by atoms with Gasteiger partial charge >= 0.3 is 12.0 Å². The molecular weight excluding hydrogens is 214 g/mol. The predicted molar refractivity (Wildman–Crippen MR) is 44.8 cm³/mol. The summed E-state index contributed by atoms with van der Waals surface area (Å²) in [6.07, 6.45) is 0. The number of carbonyl (C=O) groups is 1. The lowest BCUT2D eigenvalue weighted by atomic mass is 10.5. The third kappa shape index (κ3) is 3.10. The van der Waals surface area contributed by atoms with Crippen LogP contribution in [0.5, 0.6) is 0 Å². The summed E-state index contributed by atoms with van der Waals surface area (Å²) in [5.74, 6) is -0.466. The van der Waals surface area contributed by atoms with E-state index in [9.17, 15) is 4.79 Å². The van der Waals surface area contributed by atoms with Crippen molar-refractivity contribution in [1.82, 2.24) is 0 Å². The number of carbonyl (C=O) groups excluding carboxylic acids is 1. The van der Waals surface area contributed by atoms with Gasteiger partial charge in [0.1, 0.15) is 0 Å². The third-order valence-corrected chi connectivity index (χ3v) is 5.21. The lowest BCUT2D eigenvalue weighted by Crippen LogP contribution is -2.25. The Morgan fingerprint density at radius 1 is 1.50 bits per heavy atom. The molecule has 60 valence electrons. The van der Waals surface area contributed by atoms with Gasteiger partial charge in [0.25, 0.3) is 0 Å². The van der Waals surface area contributed by atoms with Crippen LogP contribution >= 0.6 is 33.2 Å². The summed E-state index contributed by atoms with van der Waals surface area (Å²) in [7, 11) is 1.27. The average Bonchev–Trinajstić information content (AvgIpc) is 1.83. The van der Waals surface area contributed by atoms with E-state index in [4.69, 9.17) is 33.2 Å². The Bertz CT molecular complexity index is 133. The molecule has 0 bridgehead atoms. The molecule has 0 aliphatic carbocycles. The van der Waals surface area contributed by atoms with Gasteiger partial charge in [0.05, 0.1) is 12.7 Å². The number of methoxy groups -OCH3 is 1. The van der Waals surface area contributed by atoms with Gasteiger partial charge < -0.3 is 4.74 Å². The maximum Gasteiger partial charge on any atom is 0.354 e. The number of hydrogen-bond donors (Lipinski definition) is 0. The van der Waals surface area contributed by atoms with E-state index < -0.39 is 17.5 Å². The largest absolute Gasteiger partial charge is 0.469 e. The van der Waals surface area contributed by atoms with Crippen LogP contribution in [-0.2, 0) is 9.53 Å². The summed E-state index contributed by atoms with van der Waals surface area (Å²) in [5.41, 5.74) is -0.595. The second-order valence-electron chi connectivity index (χ2n) is 1.79. The summed E-state index contributed by atoms with van der Waals surface area (Å²) in [6.45, 7) is 1.55. The summed E-state index contributed by atoms with van der Waals surface area (Å²) >= 11 is 16.6. The van der Waals surface area contributed by atoms with E-state index in [0.29, 0.717) is 0 Å². The molecule has 0 radical (unpaired) electrons. The van der Waals surface area contributed by atoms with E-state index in [1.807, 2.05) is 0 Å². The Balaban J connectivity index is 4.08. The molecule has 2 nitrogen and oxygen atoms in total. The Kier molecular flexibility index (Phi) is 4.02. The van der Waals surface area contributed by atoms with Crippen LogP contribution in [0.4, 0.5) is 0 Å². The van der Waals surface area contributed by atoms with Crippen LogP contribution < -0.4 is 0 Å². The van der Waals surface area contributed by atoms with Crippen molar-refractivity contribution >= 4 is 45.2 Å². The number of ether oxygens (including phenoxy) is 1. The van der Waals surface area contributed by atoms with Crippen molar-refractivity contribution in [2.24, 2.45) is 0 Å². The van der Waals surface area contributed by atoms with Crippen LogP contribution in [-0.4, -0.2) is 19.1 Å². The molecular formula is C4H7Cl3O2Si. The molecule has 10 heavy (non-hydrogen) atoms. The molecule has 0 spiro atoms. The van der Waals surface area contributed by atoms with Crippen molar-refractivity contribution in [3.8, 4) is 0 Å². The van der Waals surface area contributed by atoms with Crippen molar-refractivity contribution in [1.29, 1.82) is 0 Å². The summed E-state index contributed by atoms with van der Waals surface area (Å²) in [4.78, 5) is 10.7. The maximum atomic E-state index is 10.7. The van der Waals surface area contributed by atoms with Gasteiger partial charge in [-0.25, -0.2) is 0 Å². The Morgan fingerprint density at radius 2 is 1.90 bits per heavy atom. The highest BCUT2D eigenvalue weighted by molar-refractivity contribution is 7.65. The molecule has 0 saturated carbocycles. The second-order valence-corrected chi connectivity index (χ2v) is 10.8. The molecule has 1 atom stereocenters. The van der Waals surface area contributed by atoms with E-state index in [1.165, 1.54) is 7.11 Å². The number of hydrogen-bond acceptors (Lipinski definition) is 2. The first-order valence-corrected chi connectivity index (χ1v) is 7.65. The van der Waals surface area contributed by atoms with Crippen molar-refractivity contribution in [3.05, 3.63) is 0 Å². The molecule has 0 heterocycles. The van der Waals surface area contributed by atoms with Gasteiger partial charge in [0.15, 0.2) is 0 Å². The van der Waals surface area contributed by atoms with Gasteiger partial charge in [-0.2, -0.15) is 0 Å². The molecule has 0 rings (SSSR count). The fourth-order valence-corrected chi connectivity index (χ4v) is 1.50. The Morgan fingerprint density at radius 3 is 2.00 bits per heavy atom. The van der Waals surface area contributed by atoms with Crippen LogP contribution in [0.2, 0.25) is 5.54 Å². The quantitative estimate of drug-likeness (QED) is 0.406. The van der Waals surface area contributed by atoms with Crippen molar-refractivity contribution in [3.63, 3.8) is 0 Å². The van der Waals surface area contributed by atoms with Crippen LogP contribution in [0.3, 0.4) is 0 Å². The first-order chi connectivity index (χ1) is 4.39. The SMILES string of the molecule is COC(=O)C(C)[Si](Cl)(Cl)Cl. The van der Waals surface area contributed by atoms with Crippen molar-refractivity contribution in [2.45, 2.75) is 12.5 Å². The maximum absolute atomic E-state index is 10.7. The molecule has 0 aliphatic heterocycles. The van der Waals surface area contributed by atoms with E-state index >= 15 is 0 Å². The van der Waals surface area contributed by atoms with Gasteiger partial charge in [-0.3, -0.25) is 4.79 Å². The van der Waals surface area contributed by atoms with Gasteiger partial charge in [-0.1, -0.05) is 6.92 Å². The molecule has 0 aromatic rings. The first-order valence-electron chi connectivity index (χ1n) is 2.54. The van der Waals surface area contributed by atoms with Crippen molar-refractivity contribution < 1.29 is 9.53 Å². The van der Waals surface area contributed by atoms with Gasteiger partial charge in [-0.05, 0) is 0 Å². The fraction of sp³-hybridized carbons (Fsp3) is 0.750. The number of rotatable bonds is 2. The van der Waals surface area contributed by atoms with E-state index in [-0.39, 0.29) is 0 Å². The average molecular weight is 222 g/mol.